The summed E-state index contributed by atoms with van der Waals surface area (Å²) in [5.74, 6) is 0.476. The molecule has 19 heavy (non-hydrogen) atoms. The quantitative estimate of drug-likeness (QED) is 0.876. The molecular weight excluding hydrogens is 234 g/mol. The van der Waals surface area contributed by atoms with Crippen molar-refractivity contribution in [3.8, 4) is 0 Å². The normalized spacial score (nSPS) is 13.3. The molecule has 0 radical (unpaired) electrons. The van der Waals surface area contributed by atoms with Gasteiger partial charge in [-0.05, 0) is 31.6 Å². The summed E-state index contributed by atoms with van der Waals surface area (Å²) < 4.78 is 1.92. The van der Waals surface area contributed by atoms with Gasteiger partial charge >= 0.3 is 0 Å². The van der Waals surface area contributed by atoms with Gasteiger partial charge in [-0.1, -0.05) is 34.6 Å². The van der Waals surface area contributed by atoms with E-state index in [-0.39, 0.29) is 5.54 Å². The minimum absolute atomic E-state index is 0.141. The Kier molecular flexibility index (Phi) is 4.83. The van der Waals surface area contributed by atoms with Gasteiger partial charge in [-0.25, -0.2) is 0 Å². The van der Waals surface area contributed by atoms with Crippen molar-refractivity contribution >= 4 is 0 Å². The fourth-order valence-corrected chi connectivity index (χ4v) is 2.90. The van der Waals surface area contributed by atoms with E-state index in [2.05, 4.69) is 65.1 Å². The van der Waals surface area contributed by atoms with Crippen molar-refractivity contribution in [2.24, 2.45) is 12.5 Å². The minimum Gasteiger partial charge on any atom is -0.308 e. The number of nitrogens with zero attached hydrogens (tertiary/aromatic N) is 2. The highest BCUT2D eigenvalue weighted by Crippen LogP contribution is 2.27. The highest BCUT2D eigenvalue weighted by Gasteiger charge is 2.25. The van der Waals surface area contributed by atoms with Crippen molar-refractivity contribution in [3.63, 3.8) is 0 Å². The molecule has 0 unspecified atom stereocenters. The van der Waals surface area contributed by atoms with Gasteiger partial charge in [0.1, 0.15) is 0 Å². The van der Waals surface area contributed by atoms with E-state index in [0.717, 1.165) is 13.0 Å². The molecule has 0 aliphatic heterocycles. The summed E-state index contributed by atoms with van der Waals surface area (Å²) in [6, 6.07) is 0. The summed E-state index contributed by atoms with van der Waals surface area (Å²) in [4.78, 5) is 0. The minimum atomic E-state index is 0.141. The Hall–Kier alpha value is -0.830. The van der Waals surface area contributed by atoms with Crippen molar-refractivity contribution < 1.29 is 0 Å². The lowest BCUT2D eigenvalue weighted by Gasteiger charge is -2.33. The van der Waals surface area contributed by atoms with E-state index in [4.69, 9.17) is 0 Å². The first-order valence-electron chi connectivity index (χ1n) is 7.28. The molecule has 1 aromatic heterocycles. The lowest BCUT2D eigenvalue weighted by atomic mass is 9.81. The lowest BCUT2D eigenvalue weighted by Crippen LogP contribution is -2.41. The van der Waals surface area contributed by atoms with Gasteiger partial charge in [0.15, 0.2) is 0 Å². The monoisotopic (exact) mass is 265 g/mol. The Labute approximate surface area is 118 Å². The molecule has 0 saturated carbocycles. The van der Waals surface area contributed by atoms with Crippen LogP contribution in [0.4, 0.5) is 0 Å². The first-order chi connectivity index (χ1) is 8.50. The first kappa shape index (κ1) is 16.2. The molecule has 1 rings (SSSR count). The topological polar surface area (TPSA) is 29.9 Å². The number of aromatic nitrogens is 2. The Morgan fingerprint density at radius 3 is 2.26 bits per heavy atom. The summed E-state index contributed by atoms with van der Waals surface area (Å²) >= 11 is 0. The molecule has 1 heterocycles. The highest BCUT2D eigenvalue weighted by atomic mass is 15.3. The second-order valence-electron chi connectivity index (χ2n) is 7.84. The Bertz CT molecular complexity index is 408. The molecule has 0 atom stereocenters. The zero-order chi connectivity index (χ0) is 14.8. The third-order valence-corrected chi connectivity index (χ3v) is 3.21. The second kappa shape index (κ2) is 5.66. The Balaban J connectivity index is 2.71. The van der Waals surface area contributed by atoms with E-state index >= 15 is 0 Å². The van der Waals surface area contributed by atoms with Crippen molar-refractivity contribution in [2.75, 3.05) is 0 Å². The SMILES string of the molecule is CC(C)c1nn(C)cc1CNC(C)(C)CC(C)(C)C. The van der Waals surface area contributed by atoms with Crippen LogP contribution in [-0.4, -0.2) is 15.3 Å². The molecule has 3 nitrogen and oxygen atoms in total. The van der Waals surface area contributed by atoms with Gasteiger partial charge in [0.25, 0.3) is 0 Å². The van der Waals surface area contributed by atoms with Crippen LogP contribution in [0.15, 0.2) is 6.20 Å². The molecule has 0 aliphatic carbocycles. The maximum atomic E-state index is 4.56. The number of rotatable bonds is 5. The van der Waals surface area contributed by atoms with E-state index in [0.29, 0.717) is 11.3 Å². The van der Waals surface area contributed by atoms with Gasteiger partial charge in [0.2, 0.25) is 0 Å². The lowest BCUT2D eigenvalue weighted by molar-refractivity contribution is 0.240. The van der Waals surface area contributed by atoms with E-state index in [1.807, 2.05) is 11.7 Å². The summed E-state index contributed by atoms with van der Waals surface area (Å²) in [5.41, 5.74) is 3.01. The van der Waals surface area contributed by atoms with E-state index in [9.17, 15) is 0 Å². The van der Waals surface area contributed by atoms with E-state index < -0.39 is 0 Å². The molecule has 0 saturated heterocycles. The van der Waals surface area contributed by atoms with Gasteiger partial charge in [-0.2, -0.15) is 5.10 Å². The zero-order valence-corrected chi connectivity index (χ0v) is 14.0. The molecule has 0 aliphatic rings. The van der Waals surface area contributed by atoms with E-state index in [1.54, 1.807) is 0 Å². The predicted octanol–water partition coefficient (Wildman–Crippen LogP) is 3.85. The summed E-state index contributed by atoms with van der Waals surface area (Å²) in [6.45, 7) is 16.7. The van der Waals surface area contributed by atoms with Crippen molar-refractivity contribution in [3.05, 3.63) is 17.5 Å². The van der Waals surface area contributed by atoms with Crippen LogP contribution in [0.3, 0.4) is 0 Å². The smallest absolute Gasteiger partial charge is 0.0694 e. The van der Waals surface area contributed by atoms with E-state index in [1.165, 1.54) is 11.3 Å². The Morgan fingerprint density at radius 1 is 1.21 bits per heavy atom. The number of hydrogen-bond acceptors (Lipinski definition) is 2. The third-order valence-electron chi connectivity index (χ3n) is 3.21. The molecule has 0 aromatic carbocycles. The van der Waals surface area contributed by atoms with Gasteiger partial charge in [-0.15, -0.1) is 0 Å². The first-order valence-corrected chi connectivity index (χ1v) is 7.28. The molecule has 0 bridgehead atoms. The van der Waals surface area contributed by atoms with Crippen molar-refractivity contribution in [2.45, 2.75) is 72.9 Å². The maximum Gasteiger partial charge on any atom is 0.0694 e. The molecule has 0 spiro atoms. The van der Waals surface area contributed by atoms with Gasteiger partial charge in [-0.3, -0.25) is 4.68 Å². The molecular formula is C16H31N3. The molecule has 3 heteroatoms. The molecule has 1 aromatic rings. The summed E-state index contributed by atoms with van der Waals surface area (Å²) in [7, 11) is 2.00. The number of nitrogens with one attached hydrogen (secondary N) is 1. The van der Waals surface area contributed by atoms with Gasteiger partial charge in [0.05, 0.1) is 5.69 Å². The summed E-state index contributed by atoms with van der Waals surface area (Å²) in [5, 5.41) is 8.25. The molecule has 0 amide bonds. The molecule has 110 valence electrons. The van der Waals surface area contributed by atoms with Crippen LogP contribution in [0.25, 0.3) is 0 Å². The van der Waals surface area contributed by atoms with Gasteiger partial charge in [0, 0.05) is 30.9 Å². The maximum absolute atomic E-state index is 4.56. The van der Waals surface area contributed by atoms with Gasteiger partial charge < -0.3 is 5.32 Å². The standard InChI is InChI=1S/C16H31N3/c1-12(2)14-13(10-19(8)18-14)9-17-16(6,7)11-15(3,4)5/h10,12,17H,9,11H2,1-8H3. The van der Waals surface area contributed by atoms with Crippen LogP contribution in [-0.2, 0) is 13.6 Å². The van der Waals surface area contributed by atoms with Crippen LogP contribution in [0.5, 0.6) is 0 Å². The third kappa shape index (κ3) is 5.35. The van der Waals surface area contributed by atoms with Crippen LogP contribution < -0.4 is 5.32 Å². The fourth-order valence-electron chi connectivity index (χ4n) is 2.90. The van der Waals surface area contributed by atoms with Crippen molar-refractivity contribution in [1.82, 2.24) is 15.1 Å². The number of hydrogen-bond donors (Lipinski definition) is 1. The number of aryl methyl sites for hydroxylation is 1. The Morgan fingerprint density at radius 2 is 1.79 bits per heavy atom. The van der Waals surface area contributed by atoms with Crippen LogP contribution in [0.1, 0.15) is 72.1 Å². The average molecular weight is 265 g/mol. The summed E-state index contributed by atoms with van der Waals surface area (Å²) in [6.07, 6.45) is 3.28. The molecule has 0 fully saturated rings. The second-order valence-corrected chi connectivity index (χ2v) is 7.84. The van der Waals surface area contributed by atoms with Crippen LogP contribution in [0.2, 0.25) is 0 Å². The van der Waals surface area contributed by atoms with Crippen LogP contribution in [0, 0.1) is 5.41 Å². The van der Waals surface area contributed by atoms with Crippen molar-refractivity contribution in [1.29, 1.82) is 0 Å². The average Bonchev–Trinajstić information content (AvgIpc) is 2.53. The predicted molar refractivity (Wildman–Crippen MR) is 82.3 cm³/mol. The zero-order valence-electron chi connectivity index (χ0n) is 14.0. The fraction of sp³-hybridized carbons (Fsp3) is 0.812. The highest BCUT2D eigenvalue weighted by molar-refractivity contribution is 5.20. The molecule has 1 N–H and O–H groups in total. The largest absolute Gasteiger partial charge is 0.308 e. The van der Waals surface area contributed by atoms with Crippen LogP contribution >= 0.6 is 0 Å².